The lowest BCUT2D eigenvalue weighted by atomic mass is 10.1. The Morgan fingerprint density at radius 3 is 3.29 bits per heavy atom. The number of nitrogens with two attached hydrogens (primary N) is 1. The van der Waals surface area contributed by atoms with E-state index in [0.717, 1.165) is 24.4 Å². The van der Waals surface area contributed by atoms with E-state index in [1.807, 2.05) is 0 Å². The van der Waals surface area contributed by atoms with Crippen molar-refractivity contribution in [2.45, 2.75) is 25.9 Å². The van der Waals surface area contributed by atoms with E-state index in [4.69, 9.17) is 5.73 Å². The molecular formula is C9H14N4O. The van der Waals surface area contributed by atoms with E-state index in [9.17, 15) is 4.79 Å². The molecule has 0 saturated carbocycles. The number of hydrogen-bond acceptors (Lipinski definition) is 3. The molecule has 1 atom stereocenters. The van der Waals surface area contributed by atoms with Crippen molar-refractivity contribution >= 4 is 5.91 Å². The highest BCUT2D eigenvalue weighted by Gasteiger charge is 2.23. The van der Waals surface area contributed by atoms with Crippen molar-refractivity contribution in [3.8, 4) is 0 Å². The summed E-state index contributed by atoms with van der Waals surface area (Å²) in [4.78, 5) is 20.6. The number of H-pyrrole nitrogens is 1. The van der Waals surface area contributed by atoms with Gasteiger partial charge in [0.05, 0.1) is 30.3 Å². The molecule has 1 aromatic heterocycles. The van der Waals surface area contributed by atoms with Crippen molar-refractivity contribution in [3.63, 3.8) is 0 Å². The van der Waals surface area contributed by atoms with Gasteiger partial charge in [-0.05, 0) is 6.92 Å². The molecule has 1 amide bonds. The van der Waals surface area contributed by atoms with Crippen LogP contribution in [0.2, 0.25) is 0 Å². The highest BCUT2D eigenvalue weighted by Crippen LogP contribution is 2.14. The first-order chi connectivity index (χ1) is 6.68. The normalized spacial score (nSPS) is 17.7. The van der Waals surface area contributed by atoms with Gasteiger partial charge >= 0.3 is 0 Å². The van der Waals surface area contributed by atoms with Crippen LogP contribution in [0.3, 0.4) is 0 Å². The van der Waals surface area contributed by atoms with Gasteiger partial charge in [-0.1, -0.05) is 0 Å². The molecule has 1 aliphatic rings. The van der Waals surface area contributed by atoms with E-state index in [0.29, 0.717) is 6.54 Å². The number of nitrogens with one attached hydrogen (secondary N) is 1. The highest BCUT2D eigenvalue weighted by atomic mass is 16.2. The van der Waals surface area contributed by atoms with Gasteiger partial charge < -0.3 is 15.6 Å². The third kappa shape index (κ3) is 1.50. The second-order valence-corrected chi connectivity index (χ2v) is 3.63. The quantitative estimate of drug-likeness (QED) is 0.641. The lowest BCUT2D eigenvalue weighted by Gasteiger charge is -2.27. The van der Waals surface area contributed by atoms with Crippen molar-refractivity contribution in [2.24, 2.45) is 5.73 Å². The first kappa shape index (κ1) is 9.21. The largest absolute Gasteiger partial charge is 0.347 e. The van der Waals surface area contributed by atoms with E-state index in [2.05, 4.69) is 9.97 Å². The van der Waals surface area contributed by atoms with Gasteiger partial charge in [0.15, 0.2) is 0 Å². The fourth-order valence-electron chi connectivity index (χ4n) is 1.69. The van der Waals surface area contributed by atoms with Crippen LogP contribution in [0.15, 0.2) is 6.33 Å². The molecule has 2 heterocycles. The van der Waals surface area contributed by atoms with E-state index in [1.165, 1.54) is 0 Å². The Labute approximate surface area is 82.3 Å². The van der Waals surface area contributed by atoms with E-state index < -0.39 is 6.04 Å². The molecule has 1 aromatic rings. The molecule has 2 rings (SSSR count). The zero-order valence-electron chi connectivity index (χ0n) is 8.16. The van der Waals surface area contributed by atoms with Gasteiger partial charge in [0.2, 0.25) is 5.91 Å². The van der Waals surface area contributed by atoms with Gasteiger partial charge in [-0.25, -0.2) is 4.98 Å². The minimum atomic E-state index is -0.417. The number of carbonyl (C=O) groups is 1. The van der Waals surface area contributed by atoms with Gasteiger partial charge in [-0.15, -0.1) is 0 Å². The van der Waals surface area contributed by atoms with E-state index in [1.54, 1.807) is 18.2 Å². The molecule has 0 fully saturated rings. The van der Waals surface area contributed by atoms with E-state index >= 15 is 0 Å². The van der Waals surface area contributed by atoms with Crippen LogP contribution < -0.4 is 5.73 Å². The summed E-state index contributed by atoms with van der Waals surface area (Å²) < 4.78 is 0. The summed E-state index contributed by atoms with van der Waals surface area (Å²) in [5, 5.41) is 0. The number of carbonyl (C=O) groups excluding carboxylic acids is 1. The van der Waals surface area contributed by atoms with Crippen molar-refractivity contribution in [2.75, 3.05) is 6.54 Å². The standard InChI is InChI=1S/C9H14N4O/c1-6(10)9(14)13-3-2-7-8(4-13)12-5-11-7/h5-6H,2-4,10H2,1H3,(H,11,12)/t6-/m0/s1. The average molecular weight is 194 g/mol. The van der Waals surface area contributed by atoms with Crippen LogP contribution in [0, 0.1) is 0 Å². The Balaban J connectivity index is 2.11. The second kappa shape index (κ2) is 3.42. The Morgan fingerprint density at radius 1 is 1.79 bits per heavy atom. The Kier molecular flexibility index (Phi) is 2.25. The zero-order chi connectivity index (χ0) is 10.1. The van der Waals surface area contributed by atoms with Crippen LogP contribution in [0.4, 0.5) is 0 Å². The van der Waals surface area contributed by atoms with Crippen LogP contribution in [0.25, 0.3) is 0 Å². The van der Waals surface area contributed by atoms with Gasteiger partial charge in [0.1, 0.15) is 0 Å². The molecule has 76 valence electrons. The minimum absolute atomic E-state index is 0.00486. The SMILES string of the molecule is C[C@H](N)C(=O)N1CCc2nc[nH]c2C1. The monoisotopic (exact) mass is 194 g/mol. The van der Waals surface area contributed by atoms with Crippen LogP contribution in [0.1, 0.15) is 18.3 Å². The Bertz CT molecular complexity index is 344. The number of imidazole rings is 1. The number of hydrogen-bond donors (Lipinski definition) is 2. The minimum Gasteiger partial charge on any atom is -0.347 e. The summed E-state index contributed by atoms with van der Waals surface area (Å²) in [5.74, 6) is 0.00486. The first-order valence-electron chi connectivity index (χ1n) is 4.74. The summed E-state index contributed by atoms with van der Waals surface area (Å²) in [5.41, 5.74) is 7.65. The Hall–Kier alpha value is -1.36. The molecule has 0 radical (unpaired) electrons. The van der Waals surface area contributed by atoms with Crippen LogP contribution in [-0.2, 0) is 17.8 Å². The molecule has 0 saturated heterocycles. The van der Waals surface area contributed by atoms with Gasteiger partial charge in [-0.2, -0.15) is 0 Å². The smallest absolute Gasteiger partial charge is 0.239 e. The molecule has 0 bridgehead atoms. The molecule has 0 spiro atoms. The van der Waals surface area contributed by atoms with Crippen molar-refractivity contribution in [1.29, 1.82) is 0 Å². The third-order valence-corrected chi connectivity index (χ3v) is 2.48. The molecule has 3 N–H and O–H groups in total. The van der Waals surface area contributed by atoms with E-state index in [-0.39, 0.29) is 5.91 Å². The van der Waals surface area contributed by atoms with Crippen molar-refractivity contribution < 1.29 is 4.79 Å². The highest BCUT2D eigenvalue weighted by molar-refractivity contribution is 5.81. The summed E-state index contributed by atoms with van der Waals surface area (Å²) in [6.45, 7) is 3.04. The number of aromatic amines is 1. The van der Waals surface area contributed by atoms with Crippen molar-refractivity contribution in [1.82, 2.24) is 14.9 Å². The molecule has 5 heteroatoms. The average Bonchev–Trinajstić information content (AvgIpc) is 2.62. The van der Waals surface area contributed by atoms with Gasteiger partial charge in [0.25, 0.3) is 0 Å². The maximum atomic E-state index is 11.6. The summed E-state index contributed by atoms with van der Waals surface area (Å²) in [6.07, 6.45) is 2.49. The molecule has 5 nitrogen and oxygen atoms in total. The topological polar surface area (TPSA) is 75.0 Å². The number of aromatic nitrogens is 2. The summed E-state index contributed by atoms with van der Waals surface area (Å²) in [7, 11) is 0. The zero-order valence-corrected chi connectivity index (χ0v) is 8.16. The number of fused-ring (bicyclic) bond motifs is 1. The predicted molar refractivity (Wildman–Crippen MR) is 51.4 cm³/mol. The second-order valence-electron chi connectivity index (χ2n) is 3.63. The van der Waals surface area contributed by atoms with Gasteiger partial charge in [-0.3, -0.25) is 4.79 Å². The third-order valence-electron chi connectivity index (χ3n) is 2.48. The number of rotatable bonds is 1. The fraction of sp³-hybridized carbons (Fsp3) is 0.556. The lowest BCUT2D eigenvalue weighted by molar-refractivity contribution is -0.133. The van der Waals surface area contributed by atoms with Crippen molar-refractivity contribution in [3.05, 3.63) is 17.7 Å². The van der Waals surface area contributed by atoms with Crippen LogP contribution >= 0.6 is 0 Å². The number of nitrogens with zero attached hydrogens (tertiary/aromatic N) is 2. The van der Waals surface area contributed by atoms with Gasteiger partial charge in [0, 0.05) is 13.0 Å². The Morgan fingerprint density at radius 2 is 2.57 bits per heavy atom. The number of amides is 1. The maximum Gasteiger partial charge on any atom is 0.239 e. The lowest BCUT2D eigenvalue weighted by Crippen LogP contribution is -2.44. The molecule has 14 heavy (non-hydrogen) atoms. The van der Waals surface area contributed by atoms with Crippen LogP contribution in [0.5, 0.6) is 0 Å². The molecule has 0 aromatic carbocycles. The molecule has 0 unspecified atom stereocenters. The fourth-order valence-corrected chi connectivity index (χ4v) is 1.69. The summed E-state index contributed by atoms with van der Waals surface area (Å²) >= 11 is 0. The first-order valence-corrected chi connectivity index (χ1v) is 4.74. The van der Waals surface area contributed by atoms with Crippen LogP contribution in [-0.4, -0.2) is 33.4 Å². The molecule has 1 aliphatic heterocycles. The predicted octanol–water partition coefficient (Wildman–Crippen LogP) is -0.358. The molecular weight excluding hydrogens is 180 g/mol. The molecule has 0 aliphatic carbocycles. The summed E-state index contributed by atoms with van der Waals surface area (Å²) in [6, 6.07) is -0.417. The maximum absolute atomic E-state index is 11.6.